The second kappa shape index (κ2) is 8.71. The van der Waals surface area contributed by atoms with Crippen molar-refractivity contribution < 1.29 is 23.8 Å². The molecule has 2 heterocycles. The average molecular weight is 390 g/mol. The van der Waals surface area contributed by atoms with Crippen LogP contribution in [0.5, 0.6) is 11.5 Å². The molecular formula is C21H30N2O5. The van der Waals surface area contributed by atoms with Crippen molar-refractivity contribution in [2.24, 2.45) is 5.92 Å². The van der Waals surface area contributed by atoms with E-state index in [0.29, 0.717) is 45.2 Å². The minimum absolute atomic E-state index is 0.0330. The van der Waals surface area contributed by atoms with E-state index >= 15 is 0 Å². The third-order valence-electron chi connectivity index (χ3n) is 4.84. The molecule has 154 valence electrons. The molecule has 0 aromatic heterocycles. The van der Waals surface area contributed by atoms with Gasteiger partial charge in [0.15, 0.2) is 11.5 Å². The van der Waals surface area contributed by atoms with Gasteiger partial charge in [-0.25, -0.2) is 4.79 Å². The number of carbonyl (C=O) groups is 2. The van der Waals surface area contributed by atoms with Crippen LogP contribution in [-0.4, -0.2) is 48.8 Å². The molecule has 0 atom stereocenters. The lowest BCUT2D eigenvalue weighted by Gasteiger charge is -2.33. The van der Waals surface area contributed by atoms with Crippen LogP contribution in [0, 0.1) is 5.92 Å². The van der Waals surface area contributed by atoms with Crippen molar-refractivity contribution in [3.8, 4) is 11.5 Å². The van der Waals surface area contributed by atoms with Gasteiger partial charge in [-0.15, -0.1) is 0 Å². The Kier molecular flexibility index (Phi) is 6.31. The van der Waals surface area contributed by atoms with Gasteiger partial charge in [-0.05, 0) is 57.2 Å². The van der Waals surface area contributed by atoms with E-state index in [1.54, 1.807) is 4.90 Å². The number of amides is 2. The van der Waals surface area contributed by atoms with E-state index in [9.17, 15) is 9.59 Å². The molecule has 7 nitrogen and oxygen atoms in total. The molecule has 3 rings (SSSR count). The highest BCUT2D eigenvalue weighted by molar-refractivity contribution is 5.76. The molecule has 1 aromatic carbocycles. The molecule has 1 saturated heterocycles. The van der Waals surface area contributed by atoms with E-state index in [1.165, 1.54) is 0 Å². The molecule has 2 aliphatic rings. The van der Waals surface area contributed by atoms with Gasteiger partial charge in [0.1, 0.15) is 18.8 Å². The van der Waals surface area contributed by atoms with E-state index in [0.717, 1.165) is 29.9 Å². The number of fused-ring (bicyclic) bond motifs is 1. The molecule has 28 heavy (non-hydrogen) atoms. The fraction of sp³-hybridized carbons (Fsp3) is 0.619. The van der Waals surface area contributed by atoms with Crippen LogP contribution in [0.25, 0.3) is 0 Å². The van der Waals surface area contributed by atoms with Crippen molar-refractivity contribution in [3.63, 3.8) is 0 Å². The molecule has 1 fully saturated rings. The molecule has 0 radical (unpaired) electrons. The van der Waals surface area contributed by atoms with Gasteiger partial charge in [0.25, 0.3) is 0 Å². The number of piperidine rings is 1. The number of likely N-dealkylation sites (tertiary alicyclic amines) is 1. The number of nitrogens with one attached hydrogen (secondary N) is 1. The monoisotopic (exact) mass is 390 g/mol. The smallest absolute Gasteiger partial charge is 0.410 e. The second-order valence-corrected chi connectivity index (χ2v) is 8.37. The van der Waals surface area contributed by atoms with Crippen molar-refractivity contribution in [2.75, 3.05) is 26.3 Å². The second-order valence-electron chi connectivity index (χ2n) is 8.37. The van der Waals surface area contributed by atoms with Crippen LogP contribution in [0.1, 0.15) is 45.6 Å². The topological polar surface area (TPSA) is 77.1 Å². The summed E-state index contributed by atoms with van der Waals surface area (Å²) in [5.74, 6) is 1.80. The predicted molar refractivity (Wildman–Crippen MR) is 104 cm³/mol. The number of hydrogen-bond acceptors (Lipinski definition) is 5. The molecule has 1 aromatic rings. The van der Waals surface area contributed by atoms with Crippen LogP contribution in [0.2, 0.25) is 0 Å². The number of benzene rings is 1. The maximum absolute atomic E-state index is 12.3. The summed E-state index contributed by atoms with van der Waals surface area (Å²) in [4.78, 5) is 26.1. The Morgan fingerprint density at radius 3 is 2.50 bits per heavy atom. The van der Waals surface area contributed by atoms with E-state index in [4.69, 9.17) is 14.2 Å². The number of nitrogens with zero attached hydrogens (tertiary/aromatic N) is 1. The highest BCUT2D eigenvalue weighted by Crippen LogP contribution is 2.30. The van der Waals surface area contributed by atoms with Gasteiger partial charge in [-0.2, -0.15) is 0 Å². The van der Waals surface area contributed by atoms with Gasteiger partial charge in [0.05, 0.1) is 0 Å². The quantitative estimate of drug-likeness (QED) is 0.855. The average Bonchev–Trinajstić information content (AvgIpc) is 2.65. The molecule has 0 bridgehead atoms. The molecule has 0 saturated carbocycles. The van der Waals surface area contributed by atoms with Crippen LogP contribution in [-0.2, 0) is 16.1 Å². The predicted octanol–water partition coefficient (Wildman–Crippen LogP) is 3.11. The van der Waals surface area contributed by atoms with Gasteiger partial charge >= 0.3 is 6.09 Å². The van der Waals surface area contributed by atoms with Crippen molar-refractivity contribution in [1.29, 1.82) is 0 Å². The Hall–Kier alpha value is -2.44. The van der Waals surface area contributed by atoms with Gasteiger partial charge in [0.2, 0.25) is 5.91 Å². The summed E-state index contributed by atoms with van der Waals surface area (Å²) < 4.78 is 16.5. The third kappa shape index (κ3) is 5.78. The standard InChI is InChI=1S/C21H30N2O5/c1-21(2,3)28-20(25)23-8-6-15(7-9-23)13-19(24)22-14-16-4-5-17-18(12-16)27-11-10-26-17/h4-5,12,15H,6-11,13-14H2,1-3H3,(H,22,24). The zero-order valence-electron chi connectivity index (χ0n) is 17.0. The number of hydrogen-bond donors (Lipinski definition) is 1. The van der Waals surface area contributed by atoms with Gasteiger partial charge in [0, 0.05) is 26.1 Å². The van der Waals surface area contributed by atoms with Crippen LogP contribution < -0.4 is 14.8 Å². The Balaban J connectivity index is 1.39. The summed E-state index contributed by atoms with van der Waals surface area (Å²) in [5, 5.41) is 2.98. The highest BCUT2D eigenvalue weighted by atomic mass is 16.6. The first-order valence-corrected chi connectivity index (χ1v) is 9.93. The van der Waals surface area contributed by atoms with E-state index < -0.39 is 5.60 Å². The Morgan fingerprint density at radius 2 is 1.82 bits per heavy atom. The summed E-state index contributed by atoms with van der Waals surface area (Å²) >= 11 is 0. The van der Waals surface area contributed by atoms with Crippen LogP contribution in [0.4, 0.5) is 4.79 Å². The molecule has 0 unspecified atom stereocenters. The normalized spacial score (nSPS) is 17.2. The summed E-state index contributed by atoms with van der Waals surface area (Å²) in [7, 11) is 0. The number of carbonyl (C=O) groups excluding carboxylic acids is 2. The van der Waals surface area contributed by atoms with Crippen molar-refractivity contribution >= 4 is 12.0 Å². The van der Waals surface area contributed by atoms with Crippen molar-refractivity contribution in [1.82, 2.24) is 10.2 Å². The fourth-order valence-corrected chi connectivity index (χ4v) is 3.38. The Labute approximate surface area is 166 Å². The highest BCUT2D eigenvalue weighted by Gasteiger charge is 2.27. The van der Waals surface area contributed by atoms with Crippen LogP contribution in [0.3, 0.4) is 0 Å². The van der Waals surface area contributed by atoms with Gasteiger partial charge < -0.3 is 24.4 Å². The first kappa shape index (κ1) is 20.3. The molecule has 2 aliphatic heterocycles. The molecule has 1 N–H and O–H groups in total. The van der Waals surface area contributed by atoms with Crippen molar-refractivity contribution in [2.45, 2.75) is 52.2 Å². The minimum atomic E-state index is -0.484. The SMILES string of the molecule is CC(C)(C)OC(=O)N1CCC(CC(=O)NCc2ccc3c(c2)OCCO3)CC1. The van der Waals surface area contributed by atoms with Crippen molar-refractivity contribution in [3.05, 3.63) is 23.8 Å². The zero-order valence-corrected chi connectivity index (χ0v) is 17.0. The summed E-state index contributed by atoms with van der Waals surface area (Å²) in [6.07, 6.45) is 1.84. The molecule has 2 amide bonds. The van der Waals surface area contributed by atoms with E-state index in [-0.39, 0.29) is 12.0 Å². The number of ether oxygens (including phenoxy) is 3. The summed E-state index contributed by atoms with van der Waals surface area (Å²) in [6, 6.07) is 5.73. The maximum atomic E-state index is 12.3. The lowest BCUT2D eigenvalue weighted by molar-refractivity contribution is -0.122. The third-order valence-corrected chi connectivity index (χ3v) is 4.84. The summed E-state index contributed by atoms with van der Waals surface area (Å²) in [6.45, 7) is 8.44. The fourth-order valence-electron chi connectivity index (χ4n) is 3.38. The van der Waals surface area contributed by atoms with Crippen LogP contribution in [0.15, 0.2) is 18.2 Å². The largest absolute Gasteiger partial charge is 0.486 e. The van der Waals surface area contributed by atoms with Gasteiger partial charge in [-0.3, -0.25) is 4.79 Å². The minimum Gasteiger partial charge on any atom is -0.486 e. The maximum Gasteiger partial charge on any atom is 0.410 e. The molecular weight excluding hydrogens is 360 g/mol. The van der Waals surface area contributed by atoms with Crippen LogP contribution >= 0.6 is 0 Å². The van der Waals surface area contributed by atoms with Gasteiger partial charge in [-0.1, -0.05) is 6.07 Å². The Morgan fingerprint density at radius 1 is 1.14 bits per heavy atom. The van der Waals surface area contributed by atoms with E-state index in [1.807, 2.05) is 39.0 Å². The first-order chi connectivity index (χ1) is 13.3. The molecule has 0 aliphatic carbocycles. The lowest BCUT2D eigenvalue weighted by atomic mass is 9.93. The van der Waals surface area contributed by atoms with E-state index in [2.05, 4.69) is 5.32 Å². The number of rotatable bonds is 4. The first-order valence-electron chi connectivity index (χ1n) is 9.93. The zero-order chi connectivity index (χ0) is 20.1. The molecule has 0 spiro atoms. The molecule has 7 heteroatoms. The lowest BCUT2D eigenvalue weighted by Crippen LogP contribution is -2.42. The summed E-state index contributed by atoms with van der Waals surface area (Å²) in [5.41, 5.74) is 0.499. The Bertz CT molecular complexity index is 705.